The van der Waals surface area contributed by atoms with Gasteiger partial charge in [-0.05, 0) is 71.8 Å². The molecule has 2 aliphatic rings. The van der Waals surface area contributed by atoms with Crippen molar-refractivity contribution in [3.8, 4) is 22.4 Å². The monoisotopic (exact) mass is 750 g/mol. The van der Waals surface area contributed by atoms with Crippen molar-refractivity contribution < 1.29 is 33.4 Å². The van der Waals surface area contributed by atoms with Crippen LogP contribution in [0.5, 0.6) is 0 Å². The molecule has 4 atom stereocenters. The molecule has 2 aliphatic heterocycles. The van der Waals surface area contributed by atoms with Crippen molar-refractivity contribution in [3.63, 3.8) is 0 Å². The van der Waals surface area contributed by atoms with Gasteiger partial charge in [-0.1, -0.05) is 44.2 Å². The van der Waals surface area contributed by atoms with E-state index in [9.17, 15) is 19.2 Å². The summed E-state index contributed by atoms with van der Waals surface area (Å²) < 4.78 is 15.2. The molecule has 4 amide bonds. The van der Waals surface area contributed by atoms with Crippen LogP contribution >= 0.6 is 0 Å². The first-order chi connectivity index (χ1) is 26.7. The normalized spacial score (nSPS) is 18.3. The molecule has 4 unspecified atom stereocenters. The SMILES string of the molecule is CCC(NC(=O)OC)C(=O)N1CCCC1c1ncc(-c2ccc3cc(-c4ccc5nc(C6COCCN6C(=O)C(CC)NC(=O)OC)[nH]c5c4)ccc3c2)[nH]1. The number of nitrogens with one attached hydrogen (secondary N) is 4. The Bertz CT molecular complexity index is 2220. The summed E-state index contributed by atoms with van der Waals surface area (Å²) in [4.78, 5) is 70.5. The van der Waals surface area contributed by atoms with Crippen molar-refractivity contribution >= 4 is 45.8 Å². The number of alkyl carbamates (subject to hydrolysis) is 2. The van der Waals surface area contributed by atoms with Gasteiger partial charge in [-0.3, -0.25) is 9.59 Å². The number of nitrogens with zero attached hydrogens (tertiary/aromatic N) is 4. The molecule has 4 heterocycles. The number of morpholine rings is 1. The zero-order valence-electron chi connectivity index (χ0n) is 31.4. The number of H-pyrrole nitrogens is 2. The molecule has 0 bridgehead atoms. The highest BCUT2D eigenvalue weighted by molar-refractivity contribution is 5.92. The fraction of sp³-hybridized carbons (Fsp3) is 0.400. The van der Waals surface area contributed by atoms with Crippen LogP contribution in [0, 0.1) is 0 Å². The number of methoxy groups -OCH3 is 2. The van der Waals surface area contributed by atoms with Crippen LogP contribution < -0.4 is 10.6 Å². The number of likely N-dealkylation sites (tertiary alicyclic amines) is 1. The van der Waals surface area contributed by atoms with Gasteiger partial charge in [0.1, 0.15) is 29.8 Å². The van der Waals surface area contributed by atoms with Crippen molar-refractivity contribution in [1.82, 2.24) is 40.4 Å². The molecular formula is C40H46N8O7. The van der Waals surface area contributed by atoms with E-state index < -0.39 is 30.3 Å². The summed E-state index contributed by atoms with van der Waals surface area (Å²) in [5.74, 6) is 0.987. The number of aromatic amines is 2. The summed E-state index contributed by atoms with van der Waals surface area (Å²) in [7, 11) is 2.56. The van der Waals surface area contributed by atoms with Gasteiger partial charge in [-0.25, -0.2) is 19.6 Å². The summed E-state index contributed by atoms with van der Waals surface area (Å²) in [6.45, 7) is 5.35. The number of aromatic nitrogens is 4. The molecule has 15 nitrogen and oxygen atoms in total. The fourth-order valence-electron chi connectivity index (χ4n) is 7.50. The average molecular weight is 751 g/mol. The van der Waals surface area contributed by atoms with Crippen LogP contribution in [-0.4, -0.2) is 106 Å². The maximum Gasteiger partial charge on any atom is 0.407 e. The highest BCUT2D eigenvalue weighted by Gasteiger charge is 2.37. The van der Waals surface area contributed by atoms with Crippen LogP contribution in [0.25, 0.3) is 44.2 Å². The van der Waals surface area contributed by atoms with E-state index in [1.807, 2.05) is 26.0 Å². The van der Waals surface area contributed by atoms with Gasteiger partial charge in [-0.2, -0.15) is 0 Å². The van der Waals surface area contributed by atoms with E-state index in [1.54, 1.807) is 16.0 Å². The maximum absolute atomic E-state index is 13.5. The van der Waals surface area contributed by atoms with Crippen LogP contribution in [0.2, 0.25) is 0 Å². The molecule has 3 aromatic carbocycles. The second-order valence-electron chi connectivity index (χ2n) is 13.8. The third-order valence-electron chi connectivity index (χ3n) is 10.5. The third-order valence-corrected chi connectivity index (χ3v) is 10.5. The first kappa shape index (κ1) is 37.4. The molecule has 0 saturated carbocycles. The third kappa shape index (κ3) is 7.69. The molecule has 2 aromatic heterocycles. The molecule has 4 N–H and O–H groups in total. The van der Waals surface area contributed by atoms with Crippen LogP contribution in [0.1, 0.15) is 63.3 Å². The zero-order valence-corrected chi connectivity index (χ0v) is 31.4. The second-order valence-corrected chi connectivity index (χ2v) is 13.8. The van der Waals surface area contributed by atoms with E-state index >= 15 is 0 Å². The highest BCUT2D eigenvalue weighted by atomic mass is 16.5. The minimum atomic E-state index is -0.720. The Labute approximate surface area is 318 Å². The van der Waals surface area contributed by atoms with E-state index in [4.69, 9.17) is 19.2 Å². The van der Waals surface area contributed by atoms with Gasteiger partial charge < -0.3 is 44.6 Å². The predicted octanol–water partition coefficient (Wildman–Crippen LogP) is 5.61. The zero-order chi connectivity index (χ0) is 38.6. The minimum absolute atomic E-state index is 0.143. The van der Waals surface area contributed by atoms with Crippen LogP contribution in [0.4, 0.5) is 9.59 Å². The van der Waals surface area contributed by atoms with E-state index in [0.29, 0.717) is 38.4 Å². The van der Waals surface area contributed by atoms with Crippen LogP contribution in [-0.2, 0) is 23.8 Å². The number of carbonyl (C=O) groups is 4. The lowest BCUT2D eigenvalue weighted by molar-refractivity contribution is -0.142. The number of imidazole rings is 2. The second kappa shape index (κ2) is 16.2. The Morgan fingerprint density at radius 1 is 0.800 bits per heavy atom. The summed E-state index contributed by atoms with van der Waals surface area (Å²) in [6.07, 6.45) is 3.03. The first-order valence-corrected chi connectivity index (χ1v) is 18.7. The lowest BCUT2D eigenvalue weighted by atomic mass is 9.99. The van der Waals surface area contributed by atoms with E-state index in [1.165, 1.54) is 14.2 Å². The lowest BCUT2D eigenvalue weighted by Crippen LogP contribution is -2.52. The Morgan fingerprint density at radius 3 is 2.09 bits per heavy atom. The summed E-state index contributed by atoms with van der Waals surface area (Å²) in [5.41, 5.74) is 5.49. The van der Waals surface area contributed by atoms with Crippen molar-refractivity contribution in [2.75, 3.05) is 40.5 Å². The molecule has 55 heavy (non-hydrogen) atoms. The molecule has 0 spiro atoms. The van der Waals surface area contributed by atoms with Crippen LogP contribution in [0.15, 0.2) is 60.8 Å². The largest absolute Gasteiger partial charge is 0.453 e. The van der Waals surface area contributed by atoms with Gasteiger partial charge in [0.15, 0.2) is 0 Å². The predicted molar refractivity (Wildman–Crippen MR) is 205 cm³/mol. The molecule has 2 saturated heterocycles. The molecule has 15 heteroatoms. The first-order valence-electron chi connectivity index (χ1n) is 18.7. The van der Waals surface area contributed by atoms with E-state index in [2.05, 4.69) is 68.1 Å². The van der Waals surface area contributed by atoms with Crippen molar-refractivity contribution in [3.05, 3.63) is 72.4 Å². The molecule has 7 rings (SSSR count). The standard InChI is InChI=1S/C40H46N8O7/c1-5-28(45-39(51)53-3)37(49)47-15-7-8-33(47)35-41-21-32(44-35)27-12-11-23-18-24(9-10-25(23)19-27)26-13-14-30-31(20-26)43-36(42-30)34-22-55-17-16-48(34)38(50)29(6-2)46-40(52)54-4/h9-14,18-21,28-29,33-34H,5-8,15-17,22H2,1-4H3,(H,41,44)(H,42,43)(H,45,51)(H,46,52). The van der Waals surface area contributed by atoms with Gasteiger partial charge in [0.2, 0.25) is 11.8 Å². The number of carbonyl (C=O) groups excluding carboxylic acids is 4. The van der Waals surface area contributed by atoms with Crippen molar-refractivity contribution in [2.24, 2.45) is 0 Å². The number of hydrogen-bond donors (Lipinski definition) is 4. The van der Waals surface area contributed by atoms with Crippen LogP contribution in [0.3, 0.4) is 0 Å². The lowest BCUT2D eigenvalue weighted by Gasteiger charge is -2.36. The Hall–Kier alpha value is -5.96. The molecular weight excluding hydrogens is 704 g/mol. The Kier molecular flexibility index (Phi) is 11.0. The molecule has 288 valence electrons. The van der Waals surface area contributed by atoms with Gasteiger partial charge >= 0.3 is 12.2 Å². The Morgan fingerprint density at radius 2 is 1.42 bits per heavy atom. The topological polar surface area (TPSA) is 184 Å². The number of rotatable bonds is 10. The molecule has 0 radical (unpaired) electrons. The van der Waals surface area contributed by atoms with E-state index in [-0.39, 0.29) is 24.5 Å². The molecule has 2 fully saturated rings. The molecule has 5 aromatic rings. The smallest absolute Gasteiger partial charge is 0.407 e. The average Bonchev–Trinajstić information content (AvgIpc) is 4.01. The fourth-order valence-corrected chi connectivity index (χ4v) is 7.50. The summed E-state index contributed by atoms with van der Waals surface area (Å²) >= 11 is 0. The quantitative estimate of drug-likeness (QED) is 0.141. The van der Waals surface area contributed by atoms with Gasteiger partial charge in [0.25, 0.3) is 0 Å². The van der Waals surface area contributed by atoms with E-state index in [0.717, 1.165) is 62.9 Å². The van der Waals surface area contributed by atoms with Gasteiger partial charge in [0.05, 0.1) is 56.4 Å². The maximum atomic E-state index is 13.5. The summed E-state index contributed by atoms with van der Waals surface area (Å²) in [5, 5.41) is 7.42. The number of fused-ring (bicyclic) bond motifs is 2. The summed E-state index contributed by atoms with van der Waals surface area (Å²) in [6, 6.07) is 16.6. The minimum Gasteiger partial charge on any atom is -0.453 e. The molecule has 0 aliphatic carbocycles. The van der Waals surface area contributed by atoms with Crippen molar-refractivity contribution in [1.29, 1.82) is 0 Å². The number of benzene rings is 3. The number of ether oxygens (including phenoxy) is 3. The Balaban J connectivity index is 1.07. The van der Waals surface area contributed by atoms with Gasteiger partial charge in [-0.15, -0.1) is 0 Å². The van der Waals surface area contributed by atoms with Crippen molar-refractivity contribution in [2.45, 2.75) is 63.7 Å². The number of amides is 4. The van der Waals surface area contributed by atoms with Gasteiger partial charge in [0, 0.05) is 18.7 Å². The number of hydrogen-bond acceptors (Lipinski definition) is 9. The highest BCUT2D eigenvalue weighted by Crippen LogP contribution is 2.34.